The lowest BCUT2D eigenvalue weighted by atomic mass is 10.1. The van der Waals surface area contributed by atoms with Gasteiger partial charge in [-0.1, -0.05) is 41.9 Å². The van der Waals surface area contributed by atoms with Crippen molar-refractivity contribution >= 4 is 40.8 Å². The minimum absolute atomic E-state index is 0.0502. The summed E-state index contributed by atoms with van der Waals surface area (Å²) in [6.45, 7) is 3.71. The maximum absolute atomic E-state index is 12.4. The zero-order valence-electron chi connectivity index (χ0n) is 19.3. The molecule has 0 bridgehead atoms. The second-order valence-corrected chi connectivity index (χ2v) is 8.30. The summed E-state index contributed by atoms with van der Waals surface area (Å²) in [5, 5.41) is 17.7. The normalized spacial score (nSPS) is 11.4. The van der Waals surface area contributed by atoms with Crippen molar-refractivity contribution in [2.75, 3.05) is 17.2 Å². The van der Waals surface area contributed by atoms with E-state index >= 15 is 0 Å². The fourth-order valence-corrected chi connectivity index (χ4v) is 3.44. The summed E-state index contributed by atoms with van der Waals surface area (Å²) >= 11 is 6.07. The monoisotopic (exact) mass is 495 g/mol. The Morgan fingerprint density at radius 2 is 1.71 bits per heavy atom. The Bertz CT molecular complexity index is 1210. The Balaban J connectivity index is 1.44. The van der Waals surface area contributed by atoms with Gasteiger partial charge in [0.1, 0.15) is 12.0 Å². The fraction of sp³-hybridized carbons (Fsp3) is 0.192. The van der Waals surface area contributed by atoms with Crippen LogP contribution in [0.5, 0.6) is 5.75 Å². The van der Waals surface area contributed by atoms with Gasteiger partial charge in [-0.05, 0) is 61.4 Å². The van der Waals surface area contributed by atoms with Crippen LogP contribution in [0.1, 0.15) is 28.4 Å². The summed E-state index contributed by atoms with van der Waals surface area (Å²) in [5.41, 5.74) is 3.17. The van der Waals surface area contributed by atoms with Crippen LogP contribution in [-0.2, 0) is 11.2 Å². The summed E-state index contributed by atoms with van der Waals surface area (Å²) in [6.07, 6.45) is -0.311. The number of amides is 2. The summed E-state index contributed by atoms with van der Waals surface area (Å²) in [4.78, 5) is 35.6. The summed E-state index contributed by atoms with van der Waals surface area (Å²) in [5.74, 6) is -0.811. The van der Waals surface area contributed by atoms with Crippen molar-refractivity contribution in [3.05, 3.63) is 88.4 Å². The van der Waals surface area contributed by atoms with Crippen LogP contribution < -0.4 is 20.7 Å². The molecular weight excluding hydrogens is 470 g/mol. The number of anilines is 2. The van der Waals surface area contributed by atoms with E-state index in [0.717, 1.165) is 16.8 Å². The first-order valence-corrected chi connectivity index (χ1v) is 11.3. The van der Waals surface area contributed by atoms with E-state index in [9.17, 15) is 14.4 Å². The molecule has 0 saturated heterocycles. The number of hydrogen-bond acceptors (Lipinski definition) is 5. The first-order valence-electron chi connectivity index (χ1n) is 10.9. The molecule has 182 valence electrons. The van der Waals surface area contributed by atoms with Crippen LogP contribution in [0.4, 0.5) is 16.2 Å². The van der Waals surface area contributed by atoms with Gasteiger partial charge in [-0.15, -0.1) is 0 Å². The number of carbonyl (C=O) groups excluding carboxylic acids is 2. The number of ketones is 1. The number of Topliss-reactive ketones (excluding diaryl/α,β-unsaturated/α-hetero) is 1. The topological polar surface area (TPSA) is 117 Å². The number of hydrogen-bond donors (Lipinski definition) is 4. The molecule has 0 heterocycles. The average Bonchev–Trinajstić information content (AvgIpc) is 2.81. The Labute approximate surface area is 208 Å². The molecule has 1 unspecified atom stereocenters. The van der Waals surface area contributed by atoms with Gasteiger partial charge < -0.3 is 20.5 Å². The van der Waals surface area contributed by atoms with Gasteiger partial charge in [-0.2, -0.15) is 0 Å². The molecule has 3 aromatic rings. The molecule has 4 N–H and O–H groups in total. The molecule has 0 aliphatic heterocycles. The zero-order chi connectivity index (χ0) is 25.4. The van der Waals surface area contributed by atoms with Crippen LogP contribution >= 0.6 is 11.6 Å². The number of nitrogens with one attached hydrogen (secondary N) is 3. The van der Waals surface area contributed by atoms with E-state index in [4.69, 9.17) is 21.4 Å². The highest BCUT2D eigenvalue weighted by Crippen LogP contribution is 2.26. The second kappa shape index (κ2) is 12.0. The van der Waals surface area contributed by atoms with Crippen LogP contribution in [0.15, 0.2) is 66.7 Å². The largest absolute Gasteiger partial charge is 0.478 e. The number of carbonyl (C=O) groups is 3. The van der Waals surface area contributed by atoms with Gasteiger partial charge in [0.25, 0.3) is 0 Å². The standard InChI is InChI=1S/C26H26ClN3O5/c1-16-5-3-4-6-23(16)30-26(34)29-20-10-7-18(8-11-20)13-21(31)15-28-17(2)35-24-12-9-19(25(32)33)14-22(24)27/h3-12,14,17,28H,13,15H2,1-2H3,(H,32,33)(H2,29,30,34). The number of rotatable bonds is 10. The van der Waals surface area contributed by atoms with Crippen LogP contribution in [0, 0.1) is 6.92 Å². The van der Waals surface area contributed by atoms with Crippen molar-refractivity contribution in [1.82, 2.24) is 5.32 Å². The third-order valence-electron chi connectivity index (χ3n) is 5.08. The van der Waals surface area contributed by atoms with E-state index in [2.05, 4.69) is 16.0 Å². The predicted octanol–water partition coefficient (Wildman–Crippen LogP) is 5.12. The molecule has 3 aromatic carbocycles. The smallest absolute Gasteiger partial charge is 0.335 e. The lowest BCUT2D eigenvalue weighted by molar-refractivity contribution is -0.118. The van der Waals surface area contributed by atoms with Crippen LogP contribution in [0.3, 0.4) is 0 Å². The van der Waals surface area contributed by atoms with Gasteiger partial charge in [0.05, 0.1) is 17.1 Å². The highest BCUT2D eigenvalue weighted by molar-refractivity contribution is 6.32. The molecule has 2 amide bonds. The number of carboxylic acid groups (broad SMARTS) is 1. The second-order valence-electron chi connectivity index (χ2n) is 7.90. The molecule has 8 nitrogen and oxygen atoms in total. The number of carboxylic acids is 1. The Morgan fingerprint density at radius 3 is 2.37 bits per heavy atom. The van der Waals surface area contributed by atoms with E-state index in [0.29, 0.717) is 11.4 Å². The Morgan fingerprint density at radius 1 is 1.00 bits per heavy atom. The third kappa shape index (κ3) is 7.84. The molecular formula is C26H26ClN3O5. The molecule has 0 aliphatic rings. The number of para-hydroxylation sites is 1. The van der Waals surface area contributed by atoms with Gasteiger partial charge in [-0.25, -0.2) is 9.59 Å². The van der Waals surface area contributed by atoms with E-state index in [-0.39, 0.29) is 35.4 Å². The van der Waals surface area contributed by atoms with Crippen molar-refractivity contribution in [1.29, 1.82) is 0 Å². The molecule has 0 aromatic heterocycles. The van der Waals surface area contributed by atoms with Crippen molar-refractivity contribution < 1.29 is 24.2 Å². The van der Waals surface area contributed by atoms with E-state index < -0.39 is 12.2 Å². The molecule has 0 saturated carbocycles. The SMILES string of the molecule is Cc1ccccc1NC(=O)Nc1ccc(CC(=O)CNC(C)Oc2ccc(C(=O)O)cc2Cl)cc1. The van der Waals surface area contributed by atoms with E-state index in [1.54, 1.807) is 31.2 Å². The zero-order valence-corrected chi connectivity index (χ0v) is 20.1. The van der Waals surface area contributed by atoms with Gasteiger partial charge in [0, 0.05) is 17.8 Å². The van der Waals surface area contributed by atoms with Gasteiger partial charge in [0.15, 0.2) is 5.78 Å². The fourth-order valence-electron chi connectivity index (χ4n) is 3.21. The lowest BCUT2D eigenvalue weighted by Crippen LogP contribution is -2.36. The summed E-state index contributed by atoms with van der Waals surface area (Å²) in [6, 6.07) is 18.4. The summed E-state index contributed by atoms with van der Waals surface area (Å²) < 4.78 is 5.65. The minimum Gasteiger partial charge on any atom is -0.478 e. The molecule has 0 fully saturated rings. The average molecular weight is 496 g/mol. The first kappa shape index (κ1) is 25.7. The number of aromatic carboxylic acids is 1. The van der Waals surface area contributed by atoms with Crippen LogP contribution in [-0.4, -0.2) is 35.7 Å². The highest BCUT2D eigenvalue weighted by Gasteiger charge is 2.12. The first-order chi connectivity index (χ1) is 16.7. The molecule has 1 atom stereocenters. The van der Waals surface area contributed by atoms with Crippen molar-refractivity contribution in [2.24, 2.45) is 0 Å². The molecule has 3 rings (SSSR count). The van der Waals surface area contributed by atoms with Crippen LogP contribution in [0.25, 0.3) is 0 Å². The quantitative estimate of drug-likeness (QED) is 0.290. The van der Waals surface area contributed by atoms with Gasteiger partial charge >= 0.3 is 12.0 Å². The maximum Gasteiger partial charge on any atom is 0.335 e. The molecule has 0 radical (unpaired) electrons. The van der Waals surface area contributed by atoms with Gasteiger partial charge in [-0.3, -0.25) is 10.1 Å². The maximum atomic E-state index is 12.4. The molecule has 0 aliphatic carbocycles. The number of ether oxygens (including phenoxy) is 1. The van der Waals surface area contributed by atoms with Crippen molar-refractivity contribution in [3.8, 4) is 5.75 Å². The number of urea groups is 1. The van der Waals surface area contributed by atoms with Gasteiger partial charge in [0.2, 0.25) is 0 Å². The third-order valence-corrected chi connectivity index (χ3v) is 5.37. The van der Waals surface area contributed by atoms with E-state index in [1.807, 2.05) is 31.2 Å². The van der Waals surface area contributed by atoms with Crippen LogP contribution in [0.2, 0.25) is 5.02 Å². The minimum atomic E-state index is -1.08. The Hall–Kier alpha value is -3.88. The summed E-state index contributed by atoms with van der Waals surface area (Å²) in [7, 11) is 0. The highest BCUT2D eigenvalue weighted by atomic mass is 35.5. The lowest BCUT2D eigenvalue weighted by Gasteiger charge is -2.17. The molecule has 35 heavy (non-hydrogen) atoms. The van der Waals surface area contributed by atoms with E-state index in [1.165, 1.54) is 18.2 Å². The number of aryl methyl sites for hydroxylation is 1. The van der Waals surface area contributed by atoms with Crippen molar-refractivity contribution in [3.63, 3.8) is 0 Å². The number of halogens is 1. The predicted molar refractivity (Wildman–Crippen MR) is 135 cm³/mol. The molecule has 9 heteroatoms. The number of benzene rings is 3. The van der Waals surface area contributed by atoms with Crippen molar-refractivity contribution in [2.45, 2.75) is 26.5 Å². The molecule has 0 spiro atoms. The Kier molecular flexibility index (Phi) is 8.83.